The molecule has 3 aromatic rings. The number of hydrogen-bond donors (Lipinski definition) is 0. The minimum absolute atomic E-state index is 0.638. The van der Waals surface area contributed by atoms with Crippen molar-refractivity contribution in [3.63, 3.8) is 0 Å². The minimum Gasteiger partial charge on any atom is -0.430 e. The summed E-state index contributed by atoms with van der Waals surface area (Å²) in [5.41, 5.74) is 2.55. The highest BCUT2D eigenvalue weighted by Crippen LogP contribution is 2.25. The van der Waals surface area contributed by atoms with Gasteiger partial charge in [-0.15, -0.1) is 0 Å². The van der Waals surface area contributed by atoms with Crippen LogP contribution in [0.2, 0.25) is 5.02 Å². The van der Waals surface area contributed by atoms with Gasteiger partial charge in [0.25, 0.3) is 5.22 Å². The lowest BCUT2D eigenvalue weighted by Gasteiger charge is -1.97. The first kappa shape index (κ1) is 11.6. The van der Waals surface area contributed by atoms with E-state index in [0.717, 1.165) is 16.4 Å². The van der Waals surface area contributed by atoms with Crippen LogP contribution in [0.5, 0.6) is 0 Å². The monoisotopic (exact) mass is 276 g/mol. The molecule has 3 nitrogen and oxygen atoms in total. The summed E-state index contributed by atoms with van der Waals surface area (Å²) < 4.78 is 5.58. The molecule has 0 radical (unpaired) electrons. The molecule has 0 aliphatic heterocycles. The summed E-state index contributed by atoms with van der Waals surface area (Å²) in [6.45, 7) is 0. The van der Waals surface area contributed by atoms with Crippen molar-refractivity contribution in [2.75, 3.05) is 0 Å². The first-order chi connectivity index (χ1) is 8.81. The molecule has 0 amide bonds. The summed E-state index contributed by atoms with van der Waals surface area (Å²) in [6, 6.07) is 11.4. The third-order valence-electron chi connectivity index (χ3n) is 2.42. The van der Waals surface area contributed by atoms with E-state index in [-0.39, 0.29) is 0 Å². The topological polar surface area (TPSA) is 38.9 Å². The zero-order chi connectivity index (χ0) is 12.4. The Hall–Kier alpha value is -1.52. The maximum absolute atomic E-state index is 5.84. The second-order valence-corrected chi connectivity index (χ2v) is 5.08. The van der Waals surface area contributed by atoms with Crippen molar-refractivity contribution in [2.45, 2.75) is 11.0 Å². The van der Waals surface area contributed by atoms with Crippen molar-refractivity contribution in [3.8, 4) is 0 Å². The van der Waals surface area contributed by atoms with Crippen LogP contribution >= 0.6 is 23.4 Å². The Bertz CT molecular complexity index is 633. The summed E-state index contributed by atoms with van der Waals surface area (Å²) in [5, 5.41) is 1.38. The quantitative estimate of drug-likeness (QED) is 0.673. The summed E-state index contributed by atoms with van der Waals surface area (Å²) in [5.74, 6) is 0.796. The molecule has 3 rings (SSSR count). The normalized spacial score (nSPS) is 10.9. The number of thioether (sulfide) groups is 1. The Kier molecular flexibility index (Phi) is 3.21. The average molecular weight is 277 g/mol. The molecule has 0 spiro atoms. The number of fused-ring (bicyclic) bond motifs is 1. The molecule has 0 N–H and O–H groups in total. The molecule has 2 aromatic heterocycles. The number of aromatic nitrogens is 2. The molecular weight excluding hydrogens is 268 g/mol. The van der Waals surface area contributed by atoms with Gasteiger partial charge >= 0.3 is 0 Å². The van der Waals surface area contributed by atoms with Crippen LogP contribution in [0.15, 0.2) is 52.2 Å². The van der Waals surface area contributed by atoms with Crippen molar-refractivity contribution in [2.24, 2.45) is 0 Å². The maximum atomic E-state index is 5.84. The van der Waals surface area contributed by atoms with Gasteiger partial charge in [0.1, 0.15) is 0 Å². The second-order valence-electron chi connectivity index (χ2n) is 3.72. The van der Waals surface area contributed by atoms with Gasteiger partial charge in [-0.3, -0.25) is 0 Å². The summed E-state index contributed by atoms with van der Waals surface area (Å²) in [6.07, 6.45) is 1.71. The molecule has 0 aliphatic rings. The summed E-state index contributed by atoms with van der Waals surface area (Å²) in [4.78, 5) is 8.44. The number of nitrogens with zero attached hydrogens (tertiary/aromatic N) is 2. The standard InChI is InChI=1S/C13H9ClN2OS/c14-10-5-3-9(4-6-10)8-18-13-16-12-11(17-13)2-1-7-15-12/h1-7H,8H2. The van der Waals surface area contributed by atoms with E-state index < -0.39 is 0 Å². The molecule has 0 saturated heterocycles. The smallest absolute Gasteiger partial charge is 0.258 e. The van der Waals surface area contributed by atoms with Gasteiger partial charge in [-0.2, -0.15) is 4.98 Å². The van der Waals surface area contributed by atoms with Gasteiger partial charge in [0.2, 0.25) is 0 Å². The fraction of sp³-hybridized carbons (Fsp3) is 0.0769. The maximum Gasteiger partial charge on any atom is 0.258 e. The lowest BCUT2D eigenvalue weighted by Crippen LogP contribution is -1.80. The molecule has 5 heteroatoms. The molecule has 0 bridgehead atoms. The van der Waals surface area contributed by atoms with Crippen molar-refractivity contribution in [1.82, 2.24) is 9.97 Å². The van der Waals surface area contributed by atoms with Crippen LogP contribution in [0.3, 0.4) is 0 Å². The highest BCUT2D eigenvalue weighted by molar-refractivity contribution is 7.98. The van der Waals surface area contributed by atoms with Crippen LogP contribution in [0.25, 0.3) is 11.2 Å². The first-order valence-corrected chi connectivity index (χ1v) is 6.76. The van der Waals surface area contributed by atoms with Crippen LogP contribution in [-0.2, 0) is 5.75 Å². The van der Waals surface area contributed by atoms with E-state index in [9.17, 15) is 0 Å². The SMILES string of the molecule is Clc1ccc(CSc2nc3ncccc3o2)cc1. The zero-order valence-electron chi connectivity index (χ0n) is 9.34. The summed E-state index contributed by atoms with van der Waals surface area (Å²) in [7, 11) is 0. The third kappa shape index (κ3) is 2.49. The number of pyridine rings is 1. The molecule has 0 saturated carbocycles. The third-order valence-corrected chi connectivity index (χ3v) is 3.57. The summed E-state index contributed by atoms with van der Waals surface area (Å²) >= 11 is 7.38. The predicted molar refractivity (Wildman–Crippen MR) is 72.8 cm³/mol. The Labute approximate surface area is 113 Å². The Morgan fingerprint density at radius 1 is 1.17 bits per heavy atom. The van der Waals surface area contributed by atoms with E-state index in [1.807, 2.05) is 36.4 Å². The highest BCUT2D eigenvalue weighted by atomic mass is 35.5. The first-order valence-electron chi connectivity index (χ1n) is 5.40. The Morgan fingerprint density at radius 2 is 2.00 bits per heavy atom. The van der Waals surface area contributed by atoms with Gasteiger partial charge in [0.05, 0.1) is 0 Å². The zero-order valence-corrected chi connectivity index (χ0v) is 10.9. The molecule has 1 aromatic carbocycles. The largest absolute Gasteiger partial charge is 0.430 e. The Balaban J connectivity index is 1.74. The predicted octanol–water partition coefficient (Wildman–Crippen LogP) is 4.17. The lowest BCUT2D eigenvalue weighted by molar-refractivity contribution is 0.489. The second kappa shape index (κ2) is 5.00. The fourth-order valence-electron chi connectivity index (χ4n) is 1.54. The van der Waals surface area contributed by atoms with Crippen LogP contribution in [0, 0.1) is 0 Å². The van der Waals surface area contributed by atoms with Gasteiger partial charge in [-0.05, 0) is 29.8 Å². The molecule has 18 heavy (non-hydrogen) atoms. The van der Waals surface area contributed by atoms with Gasteiger partial charge in [-0.1, -0.05) is 35.5 Å². The van der Waals surface area contributed by atoms with Crippen LogP contribution < -0.4 is 0 Å². The molecular formula is C13H9ClN2OS. The van der Waals surface area contributed by atoms with E-state index in [1.54, 1.807) is 18.0 Å². The van der Waals surface area contributed by atoms with Crippen molar-refractivity contribution < 1.29 is 4.42 Å². The van der Waals surface area contributed by atoms with E-state index in [0.29, 0.717) is 10.9 Å². The molecule has 0 fully saturated rings. The van der Waals surface area contributed by atoms with E-state index in [1.165, 1.54) is 5.56 Å². The lowest BCUT2D eigenvalue weighted by atomic mass is 10.2. The number of rotatable bonds is 3. The number of oxazole rings is 1. The van der Waals surface area contributed by atoms with Crippen molar-refractivity contribution >= 4 is 34.6 Å². The van der Waals surface area contributed by atoms with Gasteiger partial charge in [-0.25, -0.2) is 4.98 Å². The molecule has 2 heterocycles. The van der Waals surface area contributed by atoms with Gasteiger partial charge in [0, 0.05) is 17.0 Å². The van der Waals surface area contributed by atoms with Crippen LogP contribution in [0.1, 0.15) is 5.56 Å². The Morgan fingerprint density at radius 3 is 2.78 bits per heavy atom. The van der Waals surface area contributed by atoms with Crippen LogP contribution in [-0.4, -0.2) is 9.97 Å². The fourth-order valence-corrected chi connectivity index (χ4v) is 2.44. The number of hydrogen-bond acceptors (Lipinski definition) is 4. The molecule has 90 valence electrons. The molecule has 0 unspecified atom stereocenters. The van der Waals surface area contributed by atoms with E-state index in [4.69, 9.17) is 16.0 Å². The van der Waals surface area contributed by atoms with E-state index >= 15 is 0 Å². The van der Waals surface area contributed by atoms with Crippen LogP contribution in [0.4, 0.5) is 0 Å². The minimum atomic E-state index is 0.638. The number of halogens is 1. The number of benzene rings is 1. The van der Waals surface area contributed by atoms with Crippen molar-refractivity contribution in [3.05, 3.63) is 53.2 Å². The molecule has 0 aliphatic carbocycles. The van der Waals surface area contributed by atoms with Crippen molar-refractivity contribution in [1.29, 1.82) is 0 Å². The van der Waals surface area contributed by atoms with E-state index in [2.05, 4.69) is 9.97 Å². The molecule has 0 atom stereocenters. The van der Waals surface area contributed by atoms with Gasteiger partial charge < -0.3 is 4.42 Å². The average Bonchev–Trinajstić information content (AvgIpc) is 2.81. The van der Waals surface area contributed by atoms with Gasteiger partial charge in [0.15, 0.2) is 11.2 Å². The highest BCUT2D eigenvalue weighted by Gasteiger charge is 2.06.